The Kier molecular flexibility index (Phi) is 7.16. The summed E-state index contributed by atoms with van der Waals surface area (Å²) in [6, 6.07) is -1.00. The van der Waals surface area contributed by atoms with Gasteiger partial charge in [0.05, 0.1) is 13.1 Å². The molecule has 0 radical (unpaired) electrons. The molecular weight excluding hydrogens is 254 g/mol. The molecule has 0 bridgehead atoms. The average molecular weight is 273 g/mol. The molecule has 0 heterocycles. The smallest absolute Gasteiger partial charge is 0.326 e. The van der Waals surface area contributed by atoms with Crippen LogP contribution in [0.1, 0.15) is 20.8 Å². The van der Waals surface area contributed by atoms with E-state index in [1.165, 1.54) is 6.92 Å². The van der Waals surface area contributed by atoms with Crippen molar-refractivity contribution in [3.05, 3.63) is 0 Å². The van der Waals surface area contributed by atoms with E-state index in [0.717, 1.165) is 0 Å². The third kappa shape index (κ3) is 7.74. The van der Waals surface area contributed by atoms with E-state index >= 15 is 0 Å². The van der Waals surface area contributed by atoms with Gasteiger partial charge >= 0.3 is 5.97 Å². The third-order valence-electron chi connectivity index (χ3n) is 2.19. The van der Waals surface area contributed by atoms with Crippen LogP contribution in [0, 0.1) is 5.92 Å². The standard InChI is InChI=1S/C11H19N3O5/c1-6(2)10(11(18)19)14-9(17)5-13-8(16)4-12-7(3)15/h6,10H,4-5H2,1-3H3,(H,12,15)(H,13,16)(H,14,17)(H,18,19)/t10-/m1/s1. The zero-order valence-electron chi connectivity index (χ0n) is 11.1. The maximum absolute atomic E-state index is 11.4. The number of rotatable bonds is 7. The van der Waals surface area contributed by atoms with Crippen LogP contribution in [0.15, 0.2) is 0 Å². The number of carboxylic acid groups (broad SMARTS) is 1. The number of hydrogen-bond donors (Lipinski definition) is 4. The first-order valence-electron chi connectivity index (χ1n) is 5.77. The molecule has 0 aliphatic rings. The molecule has 0 fully saturated rings. The molecule has 0 saturated heterocycles. The first-order valence-corrected chi connectivity index (χ1v) is 5.77. The molecule has 1 atom stereocenters. The van der Waals surface area contributed by atoms with Gasteiger partial charge in [0.1, 0.15) is 6.04 Å². The molecule has 0 spiro atoms. The van der Waals surface area contributed by atoms with E-state index in [1.54, 1.807) is 13.8 Å². The van der Waals surface area contributed by atoms with Crippen LogP contribution in [-0.2, 0) is 19.2 Å². The van der Waals surface area contributed by atoms with Gasteiger partial charge in [0.2, 0.25) is 17.7 Å². The van der Waals surface area contributed by atoms with Crippen LogP contribution in [-0.4, -0.2) is 47.9 Å². The Morgan fingerprint density at radius 1 is 1.00 bits per heavy atom. The van der Waals surface area contributed by atoms with Crippen molar-refractivity contribution in [1.82, 2.24) is 16.0 Å². The SMILES string of the molecule is CC(=O)NCC(=O)NCC(=O)N[C@@H](C(=O)O)C(C)C. The second-order valence-electron chi connectivity index (χ2n) is 4.31. The Bertz CT molecular complexity index is 367. The highest BCUT2D eigenvalue weighted by molar-refractivity contribution is 5.89. The molecule has 0 saturated carbocycles. The van der Waals surface area contributed by atoms with Crippen molar-refractivity contribution in [3.63, 3.8) is 0 Å². The maximum atomic E-state index is 11.4. The fourth-order valence-corrected chi connectivity index (χ4v) is 1.18. The molecule has 108 valence electrons. The molecule has 0 unspecified atom stereocenters. The van der Waals surface area contributed by atoms with Gasteiger partial charge in [-0.1, -0.05) is 13.8 Å². The minimum absolute atomic E-state index is 0.227. The fourth-order valence-electron chi connectivity index (χ4n) is 1.18. The van der Waals surface area contributed by atoms with Gasteiger partial charge < -0.3 is 21.1 Å². The fraction of sp³-hybridized carbons (Fsp3) is 0.636. The van der Waals surface area contributed by atoms with Gasteiger partial charge in [0.15, 0.2) is 0 Å². The van der Waals surface area contributed by atoms with Crippen molar-refractivity contribution in [2.45, 2.75) is 26.8 Å². The largest absolute Gasteiger partial charge is 0.480 e. The summed E-state index contributed by atoms with van der Waals surface area (Å²) in [5.41, 5.74) is 0. The molecule has 19 heavy (non-hydrogen) atoms. The lowest BCUT2D eigenvalue weighted by molar-refractivity contribution is -0.143. The molecule has 0 aliphatic carbocycles. The molecular formula is C11H19N3O5. The maximum Gasteiger partial charge on any atom is 0.326 e. The van der Waals surface area contributed by atoms with Crippen molar-refractivity contribution >= 4 is 23.7 Å². The minimum atomic E-state index is -1.13. The van der Waals surface area contributed by atoms with Crippen LogP contribution >= 0.6 is 0 Å². The summed E-state index contributed by atoms with van der Waals surface area (Å²) in [5.74, 6) is -2.88. The summed E-state index contributed by atoms with van der Waals surface area (Å²) in [6.45, 7) is 4.02. The van der Waals surface area contributed by atoms with E-state index in [0.29, 0.717) is 0 Å². The molecule has 0 aromatic heterocycles. The molecule has 0 aliphatic heterocycles. The summed E-state index contributed by atoms with van der Waals surface area (Å²) in [7, 11) is 0. The second kappa shape index (κ2) is 8.06. The highest BCUT2D eigenvalue weighted by atomic mass is 16.4. The number of carbonyl (C=O) groups excluding carboxylic acids is 3. The summed E-state index contributed by atoms with van der Waals surface area (Å²) >= 11 is 0. The quantitative estimate of drug-likeness (QED) is 0.447. The van der Waals surface area contributed by atoms with Gasteiger partial charge in [-0.2, -0.15) is 0 Å². The van der Waals surface area contributed by atoms with Crippen LogP contribution in [0.4, 0.5) is 0 Å². The van der Waals surface area contributed by atoms with Gasteiger partial charge in [-0.25, -0.2) is 4.79 Å². The first-order chi connectivity index (χ1) is 8.73. The monoisotopic (exact) mass is 273 g/mol. The van der Waals surface area contributed by atoms with Crippen molar-refractivity contribution in [2.75, 3.05) is 13.1 Å². The summed E-state index contributed by atoms with van der Waals surface area (Å²) in [5, 5.41) is 15.7. The van der Waals surface area contributed by atoms with Crippen molar-refractivity contribution < 1.29 is 24.3 Å². The van der Waals surface area contributed by atoms with Gasteiger partial charge in [0, 0.05) is 6.92 Å². The van der Waals surface area contributed by atoms with Crippen LogP contribution in [0.2, 0.25) is 0 Å². The Labute approximate surface area is 110 Å². The predicted octanol–water partition coefficient (Wildman–Crippen LogP) is -1.54. The Hall–Kier alpha value is -2.12. The lowest BCUT2D eigenvalue weighted by Gasteiger charge is -2.17. The van der Waals surface area contributed by atoms with Gasteiger partial charge in [-0.3, -0.25) is 14.4 Å². The highest BCUT2D eigenvalue weighted by Gasteiger charge is 2.23. The Morgan fingerprint density at radius 2 is 1.53 bits per heavy atom. The third-order valence-corrected chi connectivity index (χ3v) is 2.19. The van der Waals surface area contributed by atoms with Crippen LogP contribution < -0.4 is 16.0 Å². The lowest BCUT2D eigenvalue weighted by atomic mass is 10.1. The van der Waals surface area contributed by atoms with Crippen molar-refractivity contribution in [2.24, 2.45) is 5.92 Å². The van der Waals surface area contributed by atoms with Crippen LogP contribution in [0.3, 0.4) is 0 Å². The average Bonchev–Trinajstić information content (AvgIpc) is 2.29. The molecule has 0 aromatic rings. The number of carbonyl (C=O) groups is 4. The Morgan fingerprint density at radius 3 is 1.95 bits per heavy atom. The second-order valence-corrected chi connectivity index (χ2v) is 4.31. The van der Waals surface area contributed by atoms with E-state index in [4.69, 9.17) is 5.11 Å². The molecule has 3 amide bonds. The van der Waals surface area contributed by atoms with Gasteiger partial charge in [-0.05, 0) is 5.92 Å². The number of amides is 3. The van der Waals surface area contributed by atoms with E-state index < -0.39 is 23.8 Å². The topological polar surface area (TPSA) is 125 Å². The number of aliphatic carboxylic acids is 1. The summed E-state index contributed by atoms with van der Waals surface area (Å²) in [6.07, 6.45) is 0. The number of hydrogen-bond acceptors (Lipinski definition) is 4. The van der Waals surface area contributed by atoms with Crippen molar-refractivity contribution in [3.8, 4) is 0 Å². The summed E-state index contributed by atoms with van der Waals surface area (Å²) in [4.78, 5) is 44.0. The van der Waals surface area contributed by atoms with Crippen molar-refractivity contribution in [1.29, 1.82) is 0 Å². The summed E-state index contributed by atoms with van der Waals surface area (Å²) < 4.78 is 0. The predicted molar refractivity (Wildman–Crippen MR) is 66.1 cm³/mol. The van der Waals surface area contributed by atoms with Gasteiger partial charge in [0.25, 0.3) is 0 Å². The molecule has 8 heteroatoms. The first kappa shape index (κ1) is 16.9. The zero-order valence-corrected chi connectivity index (χ0v) is 11.1. The highest BCUT2D eigenvalue weighted by Crippen LogP contribution is 2.00. The van der Waals surface area contributed by atoms with Crippen LogP contribution in [0.25, 0.3) is 0 Å². The van der Waals surface area contributed by atoms with E-state index in [9.17, 15) is 19.2 Å². The van der Waals surface area contributed by atoms with E-state index in [1.807, 2.05) is 0 Å². The van der Waals surface area contributed by atoms with E-state index in [-0.39, 0.29) is 24.9 Å². The minimum Gasteiger partial charge on any atom is -0.480 e. The zero-order chi connectivity index (χ0) is 15.0. The molecule has 4 N–H and O–H groups in total. The number of nitrogens with one attached hydrogen (secondary N) is 3. The molecule has 0 aromatic carbocycles. The lowest BCUT2D eigenvalue weighted by Crippen LogP contribution is -2.48. The van der Waals surface area contributed by atoms with E-state index in [2.05, 4.69) is 16.0 Å². The van der Waals surface area contributed by atoms with Crippen LogP contribution in [0.5, 0.6) is 0 Å². The number of carboxylic acids is 1. The molecule has 8 nitrogen and oxygen atoms in total. The molecule has 0 rings (SSSR count). The normalized spacial score (nSPS) is 11.6. The Balaban J connectivity index is 4.07. The van der Waals surface area contributed by atoms with Gasteiger partial charge in [-0.15, -0.1) is 0 Å².